The quantitative estimate of drug-likeness (QED) is 0.689. The molecule has 4 rings (SSSR count). The van der Waals surface area contributed by atoms with Crippen molar-refractivity contribution in [2.45, 2.75) is 39.2 Å². The molecule has 1 unspecified atom stereocenters. The Hall–Kier alpha value is -3.22. The molecule has 0 fully saturated rings. The lowest BCUT2D eigenvalue weighted by molar-refractivity contribution is -0.121. The van der Waals surface area contributed by atoms with Crippen LogP contribution < -0.4 is 10.1 Å². The molecule has 0 saturated carbocycles. The van der Waals surface area contributed by atoms with Crippen LogP contribution in [-0.2, 0) is 17.6 Å². The number of fused-ring (bicyclic) bond motifs is 1. The van der Waals surface area contributed by atoms with Crippen LogP contribution in [0.2, 0.25) is 0 Å². The van der Waals surface area contributed by atoms with E-state index in [0.717, 1.165) is 40.2 Å². The maximum atomic E-state index is 12.3. The molecule has 1 amide bonds. The molecule has 0 saturated heterocycles. The number of carbonyl (C=O) groups is 1. The van der Waals surface area contributed by atoms with E-state index < -0.39 is 0 Å². The molecule has 144 valence electrons. The van der Waals surface area contributed by atoms with E-state index in [1.54, 1.807) is 18.5 Å². The van der Waals surface area contributed by atoms with Gasteiger partial charge in [-0.25, -0.2) is 9.97 Å². The molecular formula is C21H23N5O2. The number of carbonyl (C=O) groups excluding carboxylic acids is 1. The van der Waals surface area contributed by atoms with Gasteiger partial charge in [0.15, 0.2) is 5.82 Å². The Balaban J connectivity index is 1.34. The molecule has 0 aliphatic carbocycles. The average molecular weight is 377 g/mol. The third kappa shape index (κ3) is 3.74. The topological polar surface area (TPSA) is 92.8 Å². The van der Waals surface area contributed by atoms with Crippen molar-refractivity contribution in [3.63, 3.8) is 0 Å². The molecule has 0 spiro atoms. The van der Waals surface area contributed by atoms with Crippen molar-refractivity contribution in [2.75, 3.05) is 6.54 Å². The molecule has 1 aliphatic heterocycles. The highest BCUT2D eigenvalue weighted by atomic mass is 16.5. The van der Waals surface area contributed by atoms with Crippen molar-refractivity contribution in [3.05, 3.63) is 59.2 Å². The molecule has 3 heterocycles. The van der Waals surface area contributed by atoms with Gasteiger partial charge in [0.25, 0.3) is 0 Å². The molecule has 0 bridgehead atoms. The predicted octanol–water partition coefficient (Wildman–Crippen LogP) is 2.54. The van der Waals surface area contributed by atoms with Crippen LogP contribution in [0.1, 0.15) is 28.9 Å². The van der Waals surface area contributed by atoms with E-state index in [2.05, 4.69) is 25.5 Å². The molecule has 7 heteroatoms. The van der Waals surface area contributed by atoms with Crippen LogP contribution >= 0.6 is 0 Å². The Morgan fingerprint density at radius 3 is 2.82 bits per heavy atom. The molecule has 0 radical (unpaired) electrons. The minimum absolute atomic E-state index is 0.0196. The van der Waals surface area contributed by atoms with Crippen molar-refractivity contribution in [1.82, 2.24) is 25.5 Å². The molecule has 1 aromatic carbocycles. The summed E-state index contributed by atoms with van der Waals surface area (Å²) in [5.74, 6) is 1.48. The molecule has 1 aliphatic rings. The third-order valence-electron chi connectivity index (χ3n) is 5.05. The first-order valence-corrected chi connectivity index (χ1v) is 9.45. The van der Waals surface area contributed by atoms with Crippen LogP contribution in [0.15, 0.2) is 36.7 Å². The Morgan fingerprint density at radius 2 is 2.07 bits per heavy atom. The minimum atomic E-state index is -0.0822. The fraction of sp³-hybridized carbons (Fsp3) is 0.333. The smallest absolute Gasteiger partial charge is 0.220 e. The number of ether oxygens (including phenoxy) is 1. The van der Waals surface area contributed by atoms with Crippen molar-refractivity contribution in [1.29, 1.82) is 0 Å². The van der Waals surface area contributed by atoms with E-state index in [1.165, 1.54) is 0 Å². The zero-order valence-electron chi connectivity index (χ0n) is 16.0. The SMILES string of the molecule is Cc1n[nH]c(C)c1CCC(=O)NCC1Cc2cccc(-c3ncccn3)c2O1. The van der Waals surface area contributed by atoms with Gasteiger partial charge in [0.05, 0.1) is 17.8 Å². The van der Waals surface area contributed by atoms with Gasteiger partial charge < -0.3 is 10.1 Å². The van der Waals surface area contributed by atoms with E-state index in [1.807, 2.05) is 32.0 Å². The number of para-hydroxylation sites is 1. The Morgan fingerprint density at radius 1 is 1.25 bits per heavy atom. The monoisotopic (exact) mass is 377 g/mol. The van der Waals surface area contributed by atoms with Crippen LogP contribution in [0.3, 0.4) is 0 Å². The normalized spacial score (nSPS) is 15.1. The van der Waals surface area contributed by atoms with Crippen LogP contribution in [0.5, 0.6) is 5.75 Å². The number of nitrogens with zero attached hydrogens (tertiary/aromatic N) is 3. The van der Waals surface area contributed by atoms with Crippen LogP contribution in [0.25, 0.3) is 11.4 Å². The summed E-state index contributed by atoms with van der Waals surface area (Å²) in [6, 6.07) is 7.79. The number of nitrogens with one attached hydrogen (secondary N) is 2. The summed E-state index contributed by atoms with van der Waals surface area (Å²) in [5, 5.41) is 10.1. The second-order valence-electron chi connectivity index (χ2n) is 7.03. The molecule has 2 N–H and O–H groups in total. The van der Waals surface area contributed by atoms with Gasteiger partial charge in [-0.2, -0.15) is 5.10 Å². The highest BCUT2D eigenvalue weighted by molar-refractivity contribution is 5.76. The van der Waals surface area contributed by atoms with E-state index in [-0.39, 0.29) is 12.0 Å². The standard InChI is InChI=1S/C21H23N5O2/c1-13-17(14(2)26-25-13)7-8-19(27)24-12-16-11-15-5-3-6-18(20(15)28-16)21-22-9-4-10-23-21/h3-6,9-10,16H,7-8,11-12H2,1-2H3,(H,24,27)(H,25,26). The second kappa shape index (κ2) is 7.80. The first-order valence-electron chi connectivity index (χ1n) is 9.45. The lowest BCUT2D eigenvalue weighted by Crippen LogP contribution is -2.34. The number of benzene rings is 1. The highest BCUT2D eigenvalue weighted by Crippen LogP contribution is 2.37. The summed E-state index contributed by atoms with van der Waals surface area (Å²) >= 11 is 0. The number of rotatable bonds is 6. The molecule has 7 nitrogen and oxygen atoms in total. The number of aromatic nitrogens is 4. The van der Waals surface area contributed by atoms with Gasteiger partial charge >= 0.3 is 0 Å². The van der Waals surface area contributed by atoms with Gasteiger partial charge in [-0.3, -0.25) is 9.89 Å². The predicted molar refractivity (Wildman–Crippen MR) is 105 cm³/mol. The number of hydrogen-bond acceptors (Lipinski definition) is 5. The van der Waals surface area contributed by atoms with E-state index >= 15 is 0 Å². The van der Waals surface area contributed by atoms with E-state index in [9.17, 15) is 4.79 Å². The first-order chi connectivity index (χ1) is 13.6. The van der Waals surface area contributed by atoms with Crippen molar-refractivity contribution < 1.29 is 9.53 Å². The van der Waals surface area contributed by atoms with Gasteiger partial charge in [0, 0.05) is 30.9 Å². The summed E-state index contributed by atoms with van der Waals surface area (Å²) in [7, 11) is 0. The second-order valence-corrected chi connectivity index (χ2v) is 7.03. The summed E-state index contributed by atoms with van der Waals surface area (Å²) in [6.45, 7) is 4.41. The lowest BCUT2D eigenvalue weighted by atomic mass is 10.1. The van der Waals surface area contributed by atoms with Gasteiger partial charge in [-0.1, -0.05) is 12.1 Å². The van der Waals surface area contributed by atoms with Crippen LogP contribution in [0, 0.1) is 13.8 Å². The molecular weight excluding hydrogens is 354 g/mol. The highest BCUT2D eigenvalue weighted by Gasteiger charge is 2.26. The summed E-state index contributed by atoms with van der Waals surface area (Å²) in [6.07, 6.45) is 5.23. The fourth-order valence-corrected chi connectivity index (χ4v) is 3.56. The average Bonchev–Trinajstić information content (AvgIpc) is 3.28. The Kier molecular flexibility index (Phi) is 5.06. The minimum Gasteiger partial charge on any atom is -0.487 e. The first kappa shape index (κ1) is 18.2. The summed E-state index contributed by atoms with van der Waals surface area (Å²) in [5.41, 5.74) is 5.10. The molecule has 28 heavy (non-hydrogen) atoms. The molecule has 3 aromatic rings. The van der Waals surface area contributed by atoms with Crippen molar-refractivity contribution in [3.8, 4) is 17.1 Å². The van der Waals surface area contributed by atoms with Crippen molar-refractivity contribution >= 4 is 5.91 Å². The zero-order valence-corrected chi connectivity index (χ0v) is 16.0. The summed E-state index contributed by atoms with van der Waals surface area (Å²) < 4.78 is 6.12. The summed E-state index contributed by atoms with van der Waals surface area (Å²) in [4.78, 5) is 20.9. The Labute approximate surface area is 163 Å². The largest absolute Gasteiger partial charge is 0.487 e. The van der Waals surface area contributed by atoms with Crippen molar-refractivity contribution in [2.24, 2.45) is 0 Å². The number of aromatic amines is 1. The van der Waals surface area contributed by atoms with Gasteiger partial charge in [-0.15, -0.1) is 0 Å². The lowest BCUT2D eigenvalue weighted by Gasteiger charge is -2.13. The van der Waals surface area contributed by atoms with Gasteiger partial charge in [0.1, 0.15) is 11.9 Å². The number of hydrogen-bond donors (Lipinski definition) is 2. The third-order valence-corrected chi connectivity index (χ3v) is 5.05. The molecule has 1 atom stereocenters. The van der Waals surface area contributed by atoms with Gasteiger partial charge in [-0.05, 0) is 43.5 Å². The number of aryl methyl sites for hydroxylation is 2. The Bertz CT molecular complexity index is 964. The van der Waals surface area contributed by atoms with Gasteiger partial charge in [0.2, 0.25) is 5.91 Å². The number of H-pyrrole nitrogens is 1. The van der Waals surface area contributed by atoms with Crippen LogP contribution in [-0.4, -0.2) is 38.7 Å². The number of amides is 1. The van der Waals surface area contributed by atoms with E-state index in [0.29, 0.717) is 25.2 Å². The molecule has 2 aromatic heterocycles. The maximum absolute atomic E-state index is 12.3. The zero-order chi connectivity index (χ0) is 19.5. The van der Waals surface area contributed by atoms with E-state index in [4.69, 9.17) is 4.74 Å². The maximum Gasteiger partial charge on any atom is 0.220 e. The van der Waals surface area contributed by atoms with Crippen LogP contribution in [0.4, 0.5) is 0 Å². The fourth-order valence-electron chi connectivity index (χ4n) is 3.56.